The lowest BCUT2D eigenvalue weighted by Crippen LogP contribution is -2.48. The molecule has 0 spiro atoms. The molecule has 1 aromatic rings. The molecule has 1 aliphatic heterocycles. The van der Waals surface area contributed by atoms with Crippen molar-refractivity contribution in [1.82, 2.24) is 10.2 Å². The SMILES string of the molecule is CCNC(=O)CCCC(=O)Nc1cccc(C(=O)N2CCCCC2C(=O)O)c1. The number of carbonyl (C=O) groups is 4. The number of piperidine rings is 1. The molecule has 0 bridgehead atoms. The van der Waals surface area contributed by atoms with Gasteiger partial charge in [-0.15, -0.1) is 0 Å². The van der Waals surface area contributed by atoms with Crippen molar-refractivity contribution in [2.24, 2.45) is 0 Å². The molecule has 28 heavy (non-hydrogen) atoms. The maximum absolute atomic E-state index is 12.8. The van der Waals surface area contributed by atoms with E-state index in [9.17, 15) is 24.3 Å². The van der Waals surface area contributed by atoms with E-state index < -0.39 is 12.0 Å². The topological polar surface area (TPSA) is 116 Å². The van der Waals surface area contributed by atoms with Gasteiger partial charge in [-0.25, -0.2) is 4.79 Å². The number of aliphatic carboxylic acids is 1. The van der Waals surface area contributed by atoms with E-state index in [0.717, 1.165) is 12.8 Å². The second-order valence-corrected chi connectivity index (χ2v) is 6.78. The van der Waals surface area contributed by atoms with Crippen molar-refractivity contribution in [1.29, 1.82) is 0 Å². The summed E-state index contributed by atoms with van der Waals surface area (Å²) in [4.78, 5) is 49.0. The first-order valence-electron chi connectivity index (χ1n) is 9.62. The zero-order valence-corrected chi connectivity index (χ0v) is 16.1. The number of carbonyl (C=O) groups excluding carboxylic acids is 3. The van der Waals surface area contributed by atoms with Crippen LogP contribution in [0.15, 0.2) is 24.3 Å². The van der Waals surface area contributed by atoms with Gasteiger partial charge in [-0.2, -0.15) is 0 Å². The van der Waals surface area contributed by atoms with Gasteiger partial charge >= 0.3 is 5.97 Å². The van der Waals surface area contributed by atoms with Crippen LogP contribution in [0.4, 0.5) is 5.69 Å². The second kappa shape index (κ2) is 10.4. The second-order valence-electron chi connectivity index (χ2n) is 6.78. The number of anilines is 1. The summed E-state index contributed by atoms with van der Waals surface area (Å²) in [5, 5.41) is 14.8. The first-order chi connectivity index (χ1) is 13.4. The van der Waals surface area contributed by atoms with Crippen LogP contribution in [0.2, 0.25) is 0 Å². The fourth-order valence-electron chi connectivity index (χ4n) is 3.25. The fourth-order valence-corrected chi connectivity index (χ4v) is 3.25. The zero-order valence-electron chi connectivity index (χ0n) is 16.1. The van der Waals surface area contributed by atoms with Crippen molar-refractivity contribution in [3.63, 3.8) is 0 Å². The summed E-state index contributed by atoms with van der Waals surface area (Å²) in [6.45, 7) is 2.80. The molecule has 3 amide bonds. The molecule has 1 unspecified atom stereocenters. The zero-order chi connectivity index (χ0) is 20.5. The van der Waals surface area contributed by atoms with Gasteiger partial charge in [0.05, 0.1) is 0 Å². The Bertz CT molecular complexity index is 734. The Kier molecular flexibility index (Phi) is 7.98. The van der Waals surface area contributed by atoms with E-state index in [-0.39, 0.29) is 30.6 Å². The molecule has 152 valence electrons. The fraction of sp³-hybridized carbons (Fsp3) is 0.500. The van der Waals surface area contributed by atoms with E-state index in [1.165, 1.54) is 4.90 Å². The minimum absolute atomic E-state index is 0.0857. The van der Waals surface area contributed by atoms with Gasteiger partial charge in [0, 0.05) is 37.2 Å². The largest absolute Gasteiger partial charge is 0.480 e. The predicted molar refractivity (Wildman–Crippen MR) is 104 cm³/mol. The summed E-state index contributed by atoms with van der Waals surface area (Å²) in [6.07, 6.45) is 2.92. The summed E-state index contributed by atoms with van der Waals surface area (Å²) in [6, 6.07) is 5.67. The van der Waals surface area contributed by atoms with Crippen molar-refractivity contribution in [2.75, 3.05) is 18.4 Å². The summed E-state index contributed by atoms with van der Waals surface area (Å²) in [5.74, 6) is -1.67. The van der Waals surface area contributed by atoms with Gasteiger partial charge in [0.2, 0.25) is 11.8 Å². The highest BCUT2D eigenvalue weighted by Crippen LogP contribution is 2.21. The third-order valence-electron chi connectivity index (χ3n) is 4.62. The molecular formula is C20H27N3O5. The number of hydrogen-bond donors (Lipinski definition) is 3. The lowest BCUT2D eigenvalue weighted by molar-refractivity contribution is -0.143. The van der Waals surface area contributed by atoms with Gasteiger partial charge < -0.3 is 20.6 Å². The molecule has 1 aliphatic rings. The lowest BCUT2D eigenvalue weighted by atomic mass is 10.0. The number of likely N-dealkylation sites (tertiary alicyclic amines) is 1. The number of carboxylic acid groups (broad SMARTS) is 1. The Balaban J connectivity index is 1.95. The number of rotatable bonds is 8. The van der Waals surface area contributed by atoms with Gasteiger partial charge in [0.1, 0.15) is 6.04 Å². The number of carboxylic acids is 1. The lowest BCUT2D eigenvalue weighted by Gasteiger charge is -2.33. The van der Waals surface area contributed by atoms with Gasteiger partial charge in [0.15, 0.2) is 0 Å². The minimum atomic E-state index is -0.996. The van der Waals surface area contributed by atoms with Crippen LogP contribution in [0.25, 0.3) is 0 Å². The van der Waals surface area contributed by atoms with Gasteiger partial charge in [-0.1, -0.05) is 6.07 Å². The normalized spacial score (nSPS) is 16.3. The van der Waals surface area contributed by atoms with Gasteiger partial charge in [0.25, 0.3) is 5.91 Å². The van der Waals surface area contributed by atoms with Crippen molar-refractivity contribution in [3.05, 3.63) is 29.8 Å². The quantitative estimate of drug-likeness (QED) is 0.629. The van der Waals surface area contributed by atoms with E-state index in [0.29, 0.717) is 37.2 Å². The highest BCUT2D eigenvalue weighted by molar-refractivity contribution is 5.99. The van der Waals surface area contributed by atoms with E-state index in [1.807, 2.05) is 6.92 Å². The Morgan fingerprint density at radius 2 is 1.89 bits per heavy atom. The summed E-state index contributed by atoms with van der Waals surface area (Å²) < 4.78 is 0. The Morgan fingerprint density at radius 1 is 1.14 bits per heavy atom. The third kappa shape index (κ3) is 6.07. The Labute approximate surface area is 164 Å². The minimum Gasteiger partial charge on any atom is -0.480 e. The molecule has 1 saturated heterocycles. The average Bonchev–Trinajstić information content (AvgIpc) is 2.67. The number of amides is 3. The van der Waals surface area contributed by atoms with Crippen LogP contribution >= 0.6 is 0 Å². The molecular weight excluding hydrogens is 362 g/mol. The van der Waals surface area contributed by atoms with E-state index >= 15 is 0 Å². The first-order valence-corrected chi connectivity index (χ1v) is 9.62. The summed E-state index contributed by atoms with van der Waals surface area (Å²) in [5.41, 5.74) is 0.811. The maximum Gasteiger partial charge on any atom is 0.326 e. The molecule has 1 heterocycles. The standard InChI is InChI=1S/C20H27N3O5/c1-2-21-17(24)10-6-11-18(25)22-15-8-5-7-14(13-15)19(26)23-12-4-3-9-16(23)20(27)28/h5,7-8,13,16H,2-4,6,9-12H2,1H3,(H,21,24)(H,22,25)(H,27,28). The number of benzene rings is 1. The van der Waals surface area contributed by atoms with E-state index in [4.69, 9.17) is 0 Å². The van der Waals surface area contributed by atoms with Crippen LogP contribution in [-0.4, -0.2) is 52.8 Å². The van der Waals surface area contributed by atoms with Crippen LogP contribution in [0.1, 0.15) is 55.8 Å². The van der Waals surface area contributed by atoms with Crippen molar-refractivity contribution in [3.8, 4) is 0 Å². The Hall–Kier alpha value is -2.90. The van der Waals surface area contributed by atoms with E-state index in [2.05, 4.69) is 10.6 Å². The highest BCUT2D eigenvalue weighted by atomic mass is 16.4. The smallest absolute Gasteiger partial charge is 0.326 e. The van der Waals surface area contributed by atoms with Crippen LogP contribution < -0.4 is 10.6 Å². The monoisotopic (exact) mass is 389 g/mol. The predicted octanol–water partition coefficient (Wildman–Crippen LogP) is 2.01. The molecule has 1 aromatic carbocycles. The van der Waals surface area contributed by atoms with Crippen molar-refractivity contribution < 1.29 is 24.3 Å². The van der Waals surface area contributed by atoms with Crippen LogP contribution in [0.5, 0.6) is 0 Å². The van der Waals surface area contributed by atoms with Crippen LogP contribution in [0.3, 0.4) is 0 Å². The van der Waals surface area contributed by atoms with Crippen molar-refractivity contribution in [2.45, 2.75) is 51.5 Å². The van der Waals surface area contributed by atoms with Gasteiger partial charge in [-0.05, 0) is 50.8 Å². The average molecular weight is 389 g/mol. The maximum atomic E-state index is 12.8. The highest BCUT2D eigenvalue weighted by Gasteiger charge is 2.32. The molecule has 1 fully saturated rings. The third-order valence-corrected chi connectivity index (χ3v) is 4.62. The van der Waals surface area contributed by atoms with Crippen molar-refractivity contribution >= 4 is 29.4 Å². The molecule has 0 saturated carbocycles. The number of nitrogens with zero attached hydrogens (tertiary/aromatic N) is 1. The van der Waals surface area contributed by atoms with Crippen LogP contribution in [-0.2, 0) is 14.4 Å². The molecule has 3 N–H and O–H groups in total. The molecule has 8 heteroatoms. The molecule has 0 aromatic heterocycles. The van der Waals surface area contributed by atoms with Gasteiger partial charge in [-0.3, -0.25) is 14.4 Å². The molecule has 1 atom stereocenters. The Morgan fingerprint density at radius 3 is 2.61 bits per heavy atom. The number of hydrogen-bond acceptors (Lipinski definition) is 4. The van der Waals surface area contributed by atoms with Crippen LogP contribution in [0, 0.1) is 0 Å². The molecule has 2 rings (SSSR count). The molecule has 0 aliphatic carbocycles. The molecule has 8 nitrogen and oxygen atoms in total. The first kappa shape index (κ1) is 21.4. The van der Waals surface area contributed by atoms with E-state index in [1.54, 1.807) is 24.3 Å². The summed E-state index contributed by atoms with van der Waals surface area (Å²) in [7, 11) is 0. The molecule has 0 radical (unpaired) electrons. The number of nitrogens with one attached hydrogen (secondary N) is 2. The summed E-state index contributed by atoms with van der Waals surface area (Å²) >= 11 is 0.